The van der Waals surface area contributed by atoms with Crippen molar-refractivity contribution in [2.45, 2.75) is 52.0 Å². The number of nitrogens with zero attached hydrogens (tertiary/aromatic N) is 1. The van der Waals surface area contributed by atoms with Crippen molar-refractivity contribution in [1.82, 2.24) is 4.90 Å². The van der Waals surface area contributed by atoms with Gasteiger partial charge in [-0.3, -0.25) is 4.90 Å². The summed E-state index contributed by atoms with van der Waals surface area (Å²) >= 11 is 0. The summed E-state index contributed by atoms with van der Waals surface area (Å²) in [5.74, 6) is 0. The first-order valence-corrected chi connectivity index (χ1v) is 8.05. The second-order valence-corrected chi connectivity index (χ2v) is 5.99. The molecule has 0 fully saturated rings. The molecule has 6 heteroatoms. The van der Waals surface area contributed by atoms with Gasteiger partial charge in [0.25, 0.3) is 0 Å². The molecule has 0 aromatic carbocycles. The fraction of sp³-hybridized carbons (Fsp3) is 1.00. The molecule has 134 valence electrons. The van der Waals surface area contributed by atoms with Gasteiger partial charge in [-0.2, -0.15) is 0 Å². The lowest BCUT2D eigenvalue weighted by molar-refractivity contribution is -0.0683. The Balaban J connectivity index is 3.69. The zero-order valence-electron chi connectivity index (χ0n) is 15.1. The molecule has 4 unspecified atom stereocenters. The van der Waals surface area contributed by atoms with Crippen molar-refractivity contribution in [1.29, 1.82) is 0 Å². The molecule has 0 bridgehead atoms. The lowest BCUT2D eigenvalue weighted by Crippen LogP contribution is -2.38. The van der Waals surface area contributed by atoms with E-state index in [2.05, 4.69) is 11.8 Å². The highest BCUT2D eigenvalue weighted by atomic mass is 16.6. The van der Waals surface area contributed by atoms with Gasteiger partial charge in [-0.25, -0.2) is 0 Å². The van der Waals surface area contributed by atoms with Crippen LogP contribution in [0.1, 0.15) is 27.7 Å². The largest absolute Gasteiger partial charge is 0.392 e. The van der Waals surface area contributed by atoms with Crippen LogP contribution in [0.4, 0.5) is 0 Å². The molecular weight excluding hydrogens is 286 g/mol. The smallest absolute Gasteiger partial charge is 0.0781 e. The Morgan fingerprint density at radius 3 is 2.09 bits per heavy atom. The summed E-state index contributed by atoms with van der Waals surface area (Å²) in [7, 11) is 3.64. The number of aliphatic hydroxyl groups excluding tert-OH is 1. The molecular formula is C16H35NO5. The zero-order valence-corrected chi connectivity index (χ0v) is 15.1. The molecule has 0 spiro atoms. The van der Waals surface area contributed by atoms with Gasteiger partial charge in [-0.05, 0) is 34.7 Å². The van der Waals surface area contributed by atoms with E-state index in [9.17, 15) is 5.11 Å². The fourth-order valence-electron chi connectivity index (χ4n) is 1.82. The minimum atomic E-state index is -0.327. The van der Waals surface area contributed by atoms with Crippen LogP contribution in [0.15, 0.2) is 0 Å². The zero-order chi connectivity index (χ0) is 17.0. The molecule has 0 aliphatic heterocycles. The van der Waals surface area contributed by atoms with Crippen LogP contribution in [0.2, 0.25) is 0 Å². The highest BCUT2D eigenvalue weighted by molar-refractivity contribution is 4.65. The second kappa shape index (κ2) is 13.2. The molecule has 0 aromatic rings. The van der Waals surface area contributed by atoms with E-state index in [1.54, 1.807) is 14.0 Å². The minimum Gasteiger partial charge on any atom is -0.392 e. The average Bonchev–Trinajstić information content (AvgIpc) is 2.46. The molecule has 0 saturated carbocycles. The highest BCUT2D eigenvalue weighted by Crippen LogP contribution is 2.03. The number of hydrogen-bond acceptors (Lipinski definition) is 6. The summed E-state index contributed by atoms with van der Waals surface area (Å²) in [6.45, 7) is 11.4. The summed E-state index contributed by atoms with van der Waals surface area (Å²) < 4.78 is 21.8. The Morgan fingerprint density at radius 2 is 1.50 bits per heavy atom. The maximum atomic E-state index is 9.38. The number of hydrogen-bond donors (Lipinski definition) is 1. The maximum absolute atomic E-state index is 9.38. The normalized spacial score (nSPS) is 17.5. The molecule has 22 heavy (non-hydrogen) atoms. The van der Waals surface area contributed by atoms with Gasteiger partial charge >= 0.3 is 0 Å². The van der Waals surface area contributed by atoms with Crippen molar-refractivity contribution in [3.63, 3.8) is 0 Å². The van der Waals surface area contributed by atoms with Gasteiger partial charge in [-0.15, -0.1) is 0 Å². The lowest BCUT2D eigenvalue weighted by Gasteiger charge is -2.27. The molecule has 1 N–H and O–H groups in total. The monoisotopic (exact) mass is 321 g/mol. The Bertz CT molecular complexity index is 253. The van der Waals surface area contributed by atoms with Gasteiger partial charge < -0.3 is 24.1 Å². The van der Waals surface area contributed by atoms with Crippen molar-refractivity contribution in [3.8, 4) is 0 Å². The predicted molar refractivity (Wildman–Crippen MR) is 87.3 cm³/mol. The van der Waals surface area contributed by atoms with Crippen molar-refractivity contribution >= 4 is 0 Å². The van der Waals surface area contributed by atoms with E-state index in [-0.39, 0.29) is 24.4 Å². The Kier molecular flexibility index (Phi) is 13.1. The maximum Gasteiger partial charge on any atom is 0.0781 e. The van der Waals surface area contributed by atoms with Crippen LogP contribution in [-0.4, -0.2) is 88.1 Å². The summed E-state index contributed by atoms with van der Waals surface area (Å²) in [4.78, 5) is 2.09. The van der Waals surface area contributed by atoms with Crippen LogP contribution in [0.5, 0.6) is 0 Å². The van der Waals surface area contributed by atoms with Crippen LogP contribution in [0.25, 0.3) is 0 Å². The van der Waals surface area contributed by atoms with Gasteiger partial charge in [0.05, 0.1) is 51.3 Å². The summed E-state index contributed by atoms with van der Waals surface area (Å²) in [5, 5.41) is 9.38. The van der Waals surface area contributed by atoms with Gasteiger partial charge in [0.2, 0.25) is 0 Å². The third kappa shape index (κ3) is 12.3. The number of likely N-dealkylation sites (N-methyl/N-ethyl adjacent to an activating group) is 1. The summed E-state index contributed by atoms with van der Waals surface area (Å²) in [5.41, 5.74) is 0. The van der Waals surface area contributed by atoms with E-state index in [1.165, 1.54) is 0 Å². The molecule has 6 nitrogen and oxygen atoms in total. The van der Waals surface area contributed by atoms with Crippen molar-refractivity contribution in [2.75, 3.05) is 53.7 Å². The van der Waals surface area contributed by atoms with E-state index >= 15 is 0 Å². The van der Waals surface area contributed by atoms with E-state index in [0.717, 1.165) is 0 Å². The number of aliphatic hydroxyl groups is 1. The third-order valence-electron chi connectivity index (χ3n) is 3.33. The number of rotatable bonds is 14. The SMILES string of the molecule is COCCOCC(C)OCC(C)OCC(C)N(C)CC(C)O. The molecule has 0 amide bonds. The second-order valence-electron chi connectivity index (χ2n) is 5.99. The first-order valence-electron chi connectivity index (χ1n) is 8.05. The fourth-order valence-corrected chi connectivity index (χ4v) is 1.82. The average molecular weight is 321 g/mol. The molecule has 0 saturated heterocycles. The number of methoxy groups -OCH3 is 1. The van der Waals surface area contributed by atoms with Crippen LogP contribution >= 0.6 is 0 Å². The van der Waals surface area contributed by atoms with Crippen molar-refractivity contribution < 1.29 is 24.1 Å². The van der Waals surface area contributed by atoms with E-state index in [0.29, 0.717) is 39.6 Å². The van der Waals surface area contributed by atoms with Crippen LogP contribution < -0.4 is 0 Å². The molecule has 0 rings (SSSR count). The van der Waals surface area contributed by atoms with Crippen LogP contribution in [0, 0.1) is 0 Å². The third-order valence-corrected chi connectivity index (χ3v) is 3.33. The summed E-state index contributed by atoms with van der Waals surface area (Å²) in [6, 6.07) is 0.256. The Morgan fingerprint density at radius 1 is 0.909 bits per heavy atom. The van der Waals surface area contributed by atoms with Crippen molar-refractivity contribution in [2.24, 2.45) is 0 Å². The van der Waals surface area contributed by atoms with Crippen molar-refractivity contribution in [3.05, 3.63) is 0 Å². The first kappa shape index (κ1) is 21.8. The van der Waals surface area contributed by atoms with Gasteiger partial charge in [0.15, 0.2) is 0 Å². The minimum absolute atomic E-state index is 0.0313. The number of ether oxygens (including phenoxy) is 4. The van der Waals surface area contributed by atoms with E-state index in [4.69, 9.17) is 18.9 Å². The van der Waals surface area contributed by atoms with E-state index < -0.39 is 0 Å². The molecule has 0 radical (unpaired) electrons. The lowest BCUT2D eigenvalue weighted by atomic mass is 10.3. The topological polar surface area (TPSA) is 60.4 Å². The molecule has 4 atom stereocenters. The van der Waals surface area contributed by atoms with Gasteiger partial charge in [-0.1, -0.05) is 0 Å². The van der Waals surface area contributed by atoms with Gasteiger partial charge in [0.1, 0.15) is 0 Å². The van der Waals surface area contributed by atoms with Crippen LogP contribution in [0.3, 0.4) is 0 Å². The quantitative estimate of drug-likeness (QED) is 0.485. The molecule has 0 aliphatic rings. The molecule has 0 heterocycles. The molecule has 0 aliphatic carbocycles. The highest BCUT2D eigenvalue weighted by Gasteiger charge is 2.14. The first-order chi connectivity index (χ1) is 10.4. The standard InChI is InChI=1S/C16H35NO5/c1-13(17(5)9-14(2)18)10-21-16(4)12-22-15(3)11-20-8-7-19-6/h13-16,18H,7-12H2,1-6H3. The van der Waals surface area contributed by atoms with E-state index in [1.807, 2.05) is 20.9 Å². The van der Waals surface area contributed by atoms with Crippen LogP contribution in [-0.2, 0) is 18.9 Å². The predicted octanol–water partition coefficient (Wildman–Crippen LogP) is 1.16. The summed E-state index contributed by atoms with van der Waals surface area (Å²) in [6.07, 6.45) is -0.255. The van der Waals surface area contributed by atoms with Gasteiger partial charge in [0, 0.05) is 19.7 Å². The Hall–Kier alpha value is -0.240. The molecule has 0 aromatic heterocycles. The Labute approximate surface area is 135 Å².